The monoisotopic (exact) mass is 268 g/mol. The number of carbonyl (C=O) groups is 2. The van der Waals surface area contributed by atoms with Gasteiger partial charge in [-0.1, -0.05) is 34.6 Å². The normalized spacial score (nSPS) is 30.3. The van der Waals surface area contributed by atoms with Crippen molar-refractivity contribution in [1.29, 1.82) is 0 Å². The number of hydrogen-bond acceptors (Lipinski definition) is 2. The van der Waals surface area contributed by atoms with Gasteiger partial charge in [-0.15, -0.1) is 0 Å². The fraction of sp³-hybridized carbons (Fsp3) is 0.867. The lowest BCUT2D eigenvalue weighted by atomic mass is 9.80. The van der Waals surface area contributed by atoms with Crippen LogP contribution in [0.15, 0.2) is 0 Å². The molecule has 1 rings (SSSR count). The van der Waals surface area contributed by atoms with Crippen LogP contribution in [-0.2, 0) is 9.59 Å². The molecule has 3 unspecified atom stereocenters. The Bertz CT molecular complexity index is 373. The second-order valence-corrected chi connectivity index (χ2v) is 6.87. The Labute approximate surface area is 116 Å². The molecule has 1 fully saturated rings. The third-order valence-corrected chi connectivity index (χ3v) is 4.37. The molecule has 1 aliphatic rings. The van der Waals surface area contributed by atoms with Crippen LogP contribution >= 0.6 is 0 Å². The van der Waals surface area contributed by atoms with Crippen LogP contribution in [0.2, 0.25) is 0 Å². The molecule has 1 saturated heterocycles. The van der Waals surface area contributed by atoms with Gasteiger partial charge in [-0.05, 0) is 32.1 Å². The van der Waals surface area contributed by atoms with E-state index in [-0.39, 0.29) is 23.3 Å². The molecule has 0 aromatic heterocycles. The van der Waals surface area contributed by atoms with Crippen molar-refractivity contribution in [3.8, 4) is 0 Å². The van der Waals surface area contributed by atoms with Gasteiger partial charge in [-0.2, -0.15) is 0 Å². The van der Waals surface area contributed by atoms with Crippen molar-refractivity contribution in [1.82, 2.24) is 10.2 Å². The molecule has 1 N–H and O–H groups in total. The molecule has 19 heavy (non-hydrogen) atoms. The van der Waals surface area contributed by atoms with Crippen molar-refractivity contribution in [3.05, 3.63) is 0 Å². The zero-order valence-corrected chi connectivity index (χ0v) is 13.3. The summed E-state index contributed by atoms with van der Waals surface area (Å²) in [5, 5.41) is 2.93. The average Bonchev–Trinajstić information content (AvgIpc) is 2.32. The van der Waals surface area contributed by atoms with Gasteiger partial charge in [0.15, 0.2) is 0 Å². The number of piperazine rings is 1. The quantitative estimate of drug-likeness (QED) is 0.854. The standard InChI is InChI=1S/C15H28N2O2/c1-8-10(3)17-12(18)11(14(4,5)6)16-13(19)15(17,7)9-2/h10-11H,8-9H2,1-7H3,(H,16,19). The highest BCUT2D eigenvalue weighted by molar-refractivity contribution is 6.00. The first-order chi connectivity index (χ1) is 8.59. The van der Waals surface area contributed by atoms with E-state index < -0.39 is 11.6 Å². The zero-order chi connectivity index (χ0) is 15.0. The highest BCUT2D eigenvalue weighted by atomic mass is 16.2. The van der Waals surface area contributed by atoms with Crippen molar-refractivity contribution in [3.63, 3.8) is 0 Å². The lowest BCUT2D eigenvalue weighted by Gasteiger charge is -2.51. The van der Waals surface area contributed by atoms with Gasteiger partial charge in [0, 0.05) is 6.04 Å². The van der Waals surface area contributed by atoms with E-state index in [0.717, 1.165) is 6.42 Å². The minimum Gasteiger partial charge on any atom is -0.342 e. The van der Waals surface area contributed by atoms with Crippen LogP contribution in [0.4, 0.5) is 0 Å². The van der Waals surface area contributed by atoms with E-state index in [4.69, 9.17) is 0 Å². The molecule has 4 heteroatoms. The first kappa shape index (κ1) is 16.0. The van der Waals surface area contributed by atoms with E-state index in [1.54, 1.807) is 0 Å². The van der Waals surface area contributed by atoms with Crippen molar-refractivity contribution in [2.24, 2.45) is 5.41 Å². The smallest absolute Gasteiger partial charge is 0.246 e. The second kappa shape index (κ2) is 5.14. The lowest BCUT2D eigenvalue weighted by Crippen LogP contribution is -2.73. The van der Waals surface area contributed by atoms with E-state index in [1.807, 2.05) is 53.4 Å². The predicted molar refractivity (Wildman–Crippen MR) is 76.7 cm³/mol. The second-order valence-electron chi connectivity index (χ2n) is 6.87. The minimum atomic E-state index is -0.728. The number of carbonyl (C=O) groups excluding carboxylic acids is 2. The Balaban J connectivity index is 3.24. The van der Waals surface area contributed by atoms with Gasteiger partial charge >= 0.3 is 0 Å². The summed E-state index contributed by atoms with van der Waals surface area (Å²) in [5.74, 6) is 0.0145. The third-order valence-electron chi connectivity index (χ3n) is 4.37. The lowest BCUT2D eigenvalue weighted by molar-refractivity contribution is -0.163. The first-order valence-corrected chi connectivity index (χ1v) is 7.23. The Morgan fingerprint density at radius 2 is 1.84 bits per heavy atom. The van der Waals surface area contributed by atoms with Gasteiger partial charge in [-0.3, -0.25) is 9.59 Å². The summed E-state index contributed by atoms with van der Waals surface area (Å²) >= 11 is 0. The first-order valence-electron chi connectivity index (χ1n) is 7.23. The Kier molecular flexibility index (Phi) is 4.33. The van der Waals surface area contributed by atoms with Crippen molar-refractivity contribution >= 4 is 11.8 Å². The number of hydrogen-bond donors (Lipinski definition) is 1. The van der Waals surface area contributed by atoms with E-state index in [9.17, 15) is 9.59 Å². The Morgan fingerprint density at radius 3 is 2.21 bits per heavy atom. The molecule has 3 atom stereocenters. The van der Waals surface area contributed by atoms with Crippen molar-refractivity contribution in [2.75, 3.05) is 0 Å². The van der Waals surface area contributed by atoms with E-state index >= 15 is 0 Å². The van der Waals surface area contributed by atoms with Crippen LogP contribution in [0.5, 0.6) is 0 Å². The summed E-state index contributed by atoms with van der Waals surface area (Å²) in [7, 11) is 0. The molecule has 0 radical (unpaired) electrons. The summed E-state index contributed by atoms with van der Waals surface area (Å²) in [6.07, 6.45) is 1.48. The molecule has 0 aromatic carbocycles. The fourth-order valence-corrected chi connectivity index (χ4v) is 2.64. The highest BCUT2D eigenvalue weighted by Crippen LogP contribution is 2.33. The van der Waals surface area contributed by atoms with Crippen LogP contribution in [0.1, 0.15) is 61.3 Å². The molecule has 0 spiro atoms. The van der Waals surface area contributed by atoms with Gasteiger partial charge in [-0.25, -0.2) is 0 Å². The maximum atomic E-state index is 12.8. The summed E-state index contributed by atoms with van der Waals surface area (Å²) in [6, 6.07) is -0.359. The molecule has 1 heterocycles. The topological polar surface area (TPSA) is 49.4 Å². The number of rotatable bonds is 3. The fourth-order valence-electron chi connectivity index (χ4n) is 2.64. The zero-order valence-electron chi connectivity index (χ0n) is 13.3. The Hall–Kier alpha value is -1.06. The van der Waals surface area contributed by atoms with Crippen LogP contribution < -0.4 is 5.32 Å². The largest absolute Gasteiger partial charge is 0.342 e. The predicted octanol–water partition coefficient (Wildman–Crippen LogP) is 2.33. The molecular weight excluding hydrogens is 240 g/mol. The van der Waals surface area contributed by atoms with E-state index in [0.29, 0.717) is 6.42 Å². The molecule has 0 bridgehead atoms. The highest BCUT2D eigenvalue weighted by Gasteiger charge is 2.52. The maximum Gasteiger partial charge on any atom is 0.246 e. The molecule has 4 nitrogen and oxygen atoms in total. The van der Waals surface area contributed by atoms with Crippen molar-refractivity contribution in [2.45, 2.75) is 78.9 Å². The number of nitrogens with zero attached hydrogens (tertiary/aromatic N) is 1. The minimum absolute atomic E-state index is 0.0326. The van der Waals surface area contributed by atoms with Gasteiger partial charge in [0.05, 0.1) is 0 Å². The summed E-state index contributed by atoms with van der Waals surface area (Å²) in [4.78, 5) is 27.1. The molecule has 0 aliphatic carbocycles. The van der Waals surface area contributed by atoms with Crippen LogP contribution in [0.3, 0.4) is 0 Å². The Morgan fingerprint density at radius 1 is 1.32 bits per heavy atom. The summed E-state index contributed by atoms with van der Waals surface area (Å²) in [6.45, 7) is 13.8. The molecular formula is C15H28N2O2. The summed E-state index contributed by atoms with van der Waals surface area (Å²) in [5.41, 5.74) is -0.998. The SMILES string of the molecule is CCC(C)N1C(=O)C(C(C)(C)C)NC(=O)C1(C)CC. The molecule has 110 valence electrons. The van der Waals surface area contributed by atoms with Crippen molar-refractivity contribution < 1.29 is 9.59 Å². The number of nitrogens with one attached hydrogen (secondary N) is 1. The van der Waals surface area contributed by atoms with Crippen LogP contribution in [0.25, 0.3) is 0 Å². The van der Waals surface area contributed by atoms with Crippen LogP contribution in [-0.4, -0.2) is 34.3 Å². The molecule has 1 aliphatic heterocycles. The molecule has 0 aromatic rings. The van der Waals surface area contributed by atoms with Gasteiger partial charge in [0.25, 0.3) is 0 Å². The molecule has 0 saturated carbocycles. The maximum absolute atomic E-state index is 12.8. The van der Waals surface area contributed by atoms with E-state index in [2.05, 4.69) is 5.32 Å². The summed E-state index contributed by atoms with van der Waals surface area (Å²) < 4.78 is 0. The average molecular weight is 268 g/mol. The van der Waals surface area contributed by atoms with Gasteiger partial charge in [0.2, 0.25) is 11.8 Å². The number of amides is 2. The van der Waals surface area contributed by atoms with Crippen LogP contribution in [0, 0.1) is 5.41 Å². The molecule has 2 amide bonds. The van der Waals surface area contributed by atoms with E-state index in [1.165, 1.54) is 0 Å². The third kappa shape index (κ3) is 2.63. The van der Waals surface area contributed by atoms with Gasteiger partial charge < -0.3 is 10.2 Å². The van der Waals surface area contributed by atoms with Gasteiger partial charge in [0.1, 0.15) is 11.6 Å².